The highest BCUT2D eigenvalue weighted by molar-refractivity contribution is 14.0. The Bertz CT molecular complexity index is 719. The molecule has 0 radical (unpaired) electrons. The molecule has 1 aromatic carbocycles. The van der Waals surface area contributed by atoms with Gasteiger partial charge in [-0.05, 0) is 31.5 Å². The summed E-state index contributed by atoms with van der Waals surface area (Å²) >= 11 is 12.3. The molecular formula is C17H25Cl2IN6. The lowest BCUT2D eigenvalue weighted by atomic mass is 10.1. The number of nitrogens with one attached hydrogen (secondary N) is 2. The van der Waals surface area contributed by atoms with Crippen molar-refractivity contribution < 1.29 is 0 Å². The second-order valence-corrected chi connectivity index (χ2v) is 6.43. The number of nitrogens with zero attached hydrogens (tertiary/aromatic N) is 4. The summed E-state index contributed by atoms with van der Waals surface area (Å²) in [5, 5.41) is 15.9. The highest BCUT2D eigenvalue weighted by atomic mass is 127. The van der Waals surface area contributed by atoms with E-state index in [-0.39, 0.29) is 30.0 Å². The summed E-state index contributed by atoms with van der Waals surface area (Å²) in [7, 11) is 0. The van der Waals surface area contributed by atoms with Crippen molar-refractivity contribution in [2.24, 2.45) is 4.99 Å². The summed E-state index contributed by atoms with van der Waals surface area (Å²) in [6, 6.07) is 5.52. The van der Waals surface area contributed by atoms with Crippen LogP contribution in [0.5, 0.6) is 0 Å². The summed E-state index contributed by atoms with van der Waals surface area (Å²) in [5.74, 6) is 1.71. The van der Waals surface area contributed by atoms with Crippen LogP contribution in [0.25, 0.3) is 0 Å². The van der Waals surface area contributed by atoms with Crippen molar-refractivity contribution in [3.05, 3.63) is 46.0 Å². The fourth-order valence-electron chi connectivity index (χ4n) is 2.46. The molecule has 0 aliphatic heterocycles. The van der Waals surface area contributed by atoms with Crippen LogP contribution in [0.1, 0.15) is 38.2 Å². The number of aromatic nitrogens is 3. The summed E-state index contributed by atoms with van der Waals surface area (Å²) in [6.45, 7) is 8.28. The molecule has 0 saturated carbocycles. The molecule has 1 heterocycles. The molecule has 2 N–H and O–H groups in total. The first-order valence-corrected chi connectivity index (χ1v) is 9.17. The third-order valence-corrected chi connectivity index (χ3v) is 4.31. The largest absolute Gasteiger partial charge is 0.357 e. The molecule has 144 valence electrons. The predicted molar refractivity (Wildman–Crippen MR) is 119 cm³/mol. The number of aliphatic imine (C=N–C) groups is 1. The van der Waals surface area contributed by atoms with E-state index < -0.39 is 0 Å². The van der Waals surface area contributed by atoms with Crippen LogP contribution in [-0.2, 0) is 13.0 Å². The van der Waals surface area contributed by atoms with Gasteiger partial charge in [0.15, 0.2) is 5.96 Å². The molecule has 0 aliphatic carbocycles. The number of aryl methyl sites for hydroxylation is 1. The molecule has 1 unspecified atom stereocenters. The molecule has 0 saturated heterocycles. The number of guanidine groups is 1. The quantitative estimate of drug-likeness (QED) is 0.334. The summed E-state index contributed by atoms with van der Waals surface area (Å²) in [4.78, 5) is 4.63. The minimum atomic E-state index is 0. The van der Waals surface area contributed by atoms with Crippen LogP contribution >= 0.6 is 47.2 Å². The van der Waals surface area contributed by atoms with Gasteiger partial charge < -0.3 is 15.2 Å². The zero-order valence-electron chi connectivity index (χ0n) is 15.2. The Labute approximate surface area is 181 Å². The van der Waals surface area contributed by atoms with Crippen molar-refractivity contribution in [1.29, 1.82) is 0 Å². The van der Waals surface area contributed by atoms with Gasteiger partial charge in [0.05, 0.1) is 12.6 Å². The van der Waals surface area contributed by atoms with Gasteiger partial charge in [0.1, 0.15) is 12.2 Å². The van der Waals surface area contributed by atoms with Crippen LogP contribution in [0, 0.1) is 0 Å². The van der Waals surface area contributed by atoms with Gasteiger partial charge in [-0.2, -0.15) is 0 Å². The van der Waals surface area contributed by atoms with E-state index in [4.69, 9.17) is 23.2 Å². The van der Waals surface area contributed by atoms with Gasteiger partial charge in [0.25, 0.3) is 0 Å². The van der Waals surface area contributed by atoms with Crippen molar-refractivity contribution >= 4 is 53.1 Å². The van der Waals surface area contributed by atoms with E-state index in [0.717, 1.165) is 36.9 Å². The lowest BCUT2D eigenvalue weighted by molar-refractivity contribution is 0.650. The maximum atomic E-state index is 6.29. The van der Waals surface area contributed by atoms with Crippen LogP contribution in [0.15, 0.2) is 29.5 Å². The van der Waals surface area contributed by atoms with E-state index >= 15 is 0 Å². The molecule has 0 amide bonds. The second-order valence-electron chi connectivity index (χ2n) is 5.59. The molecule has 1 atom stereocenters. The molecule has 0 bridgehead atoms. The van der Waals surface area contributed by atoms with Gasteiger partial charge in [0.2, 0.25) is 0 Å². The third-order valence-electron chi connectivity index (χ3n) is 3.75. The average molecular weight is 511 g/mol. The average Bonchev–Trinajstić information content (AvgIpc) is 3.02. The summed E-state index contributed by atoms with van der Waals surface area (Å²) in [6.07, 6.45) is 2.60. The number of benzene rings is 1. The smallest absolute Gasteiger partial charge is 0.191 e. The molecule has 0 fully saturated rings. The van der Waals surface area contributed by atoms with Crippen LogP contribution in [0.4, 0.5) is 0 Å². The van der Waals surface area contributed by atoms with Gasteiger partial charge in [-0.25, -0.2) is 0 Å². The van der Waals surface area contributed by atoms with Gasteiger partial charge in [-0.1, -0.05) is 36.2 Å². The van der Waals surface area contributed by atoms with E-state index in [0.29, 0.717) is 16.6 Å². The standard InChI is InChI=1S/C17H24Cl2N6.HI/c1-4-16-24-22-11-25(16)9-8-21-17(20-5-2)23-12(3)14-7-6-13(18)10-15(14)19;/h6-7,10-12H,4-5,8-9H2,1-3H3,(H2,20,21,23);1H. The fourth-order valence-corrected chi connectivity index (χ4v) is 3.04. The van der Waals surface area contributed by atoms with E-state index in [1.165, 1.54) is 0 Å². The first-order valence-electron chi connectivity index (χ1n) is 8.41. The highest BCUT2D eigenvalue weighted by Gasteiger charge is 2.11. The Hall–Kier alpha value is -1.06. The first-order chi connectivity index (χ1) is 12.0. The number of hydrogen-bond acceptors (Lipinski definition) is 3. The maximum Gasteiger partial charge on any atom is 0.191 e. The van der Waals surface area contributed by atoms with Gasteiger partial charge in [-0.15, -0.1) is 34.2 Å². The zero-order chi connectivity index (χ0) is 18.2. The molecular weight excluding hydrogens is 486 g/mol. The second kappa shape index (κ2) is 11.6. The molecule has 0 spiro atoms. The Balaban J connectivity index is 0.00000338. The summed E-state index contributed by atoms with van der Waals surface area (Å²) < 4.78 is 2.02. The number of halogens is 3. The fraction of sp³-hybridized carbons (Fsp3) is 0.471. The molecule has 6 nitrogen and oxygen atoms in total. The van der Waals surface area contributed by atoms with Gasteiger partial charge in [0, 0.05) is 29.6 Å². The van der Waals surface area contributed by atoms with Crippen LogP contribution in [0.3, 0.4) is 0 Å². The van der Waals surface area contributed by atoms with E-state index in [1.54, 1.807) is 12.4 Å². The van der Waals surface area contributed by atoms with Crippen molar-refractivity contribution in [3.63, 3.8) is 0 Å². The normalized spacial score (nSPS) is 12.4. The van der Waals surface area contributed by atoms with Crippen LogP contribution in [0.2, 0.25) is 10.0 Å². The zero-order valence-corrected chi connectivity index (χ0v) is 19.0. The Morgan fingerprint density at radius 1 is 1.31 bits per heavy atom. The Morgan fingerprint density at radius 2 is 2.08 bits per heavy atom. The van der Waals surface area contributed by atoms with E-state index in [1.807, 2.05) is 30.5 Å². The lowest BCUT2D eigenvalue weighted by Crippen LogP contribution is -2.39. The number of rotatable bonds is 7. The van der Waals surface area contributed by atoms with E-state index in [2.05, 4.69) is 32.7 Å². The highest BCUT2D eigenvalue weighted by Crippen LogP contribution is 2.25. The van der Waals surface area contributed by atoms with Crippen molar-refractivity contribution in [2.45, 2.75) is 39.8 Å². The number of hydrogen-bond donors (Lipinski definition) is 2. The van der Waals surface area contributed by atoms with Crippen LogP contribution in [-0.4, -0.2) is 33.8 Å². The molecule has 2 aromatic rings. The molecule has 9 heteroatoms. The lowest BCUT2D eigenvalue weighted by Gasteiger charge is -2.19. The molecule has 26 heavy (non-hydrogen) atoms. The minimum absolute atomic E-state index is 0. The van der Waals surface area contributed by atoms with Gasteiger partial charge >= 0.3 is 0 Å². The Kier molecular flexibility index (Phi) is 10.3. The van der Waals surface area contributed by atoms with E-state index in [9.17, 15) is 0 Å². The molecule has 2 rings (SSSR count). The monoisotopic (exact) mass is 510 g/mol. The Morgan fingerprint density at radius 3 is 2.73 bits per heavy atom. The molecule has 0 aliphatic rings. The maximum absolute atomic E-state index is 6.29. The topological polar surface area (TPSA) is 67.1 Å². The van der Waals surface area contributed by atoms with Crippen LogP contribution < -0.4 is 10.6 Å². The third kappa shape index (κ3) is 6.59. The first kappa shape index (κ1) is 23.0. The minimum Gasteiger partial charge on any atom is -0.357 e. The van der Waals surface area contributed by atoms with Crippen molar-refractivity contribution in [3.8, 4) is 0 Å². The SMILES string of the molecule is CCNC(=NCCn1cnnc1CC)NC(C)c1ccc(Cl)cc1Cl.I. The molecule has 1 aromatic heterocycles. The van der Waals surface area contributed by atoms with Crippen molar-refractivity contribution in [2.75, 3.05) is 13.1 Å². The van der Waals surface area contributed by atoms with Crippen molar-refractivity contribution in [1.82, 2.24) is 25.4 Å². The van der Waals surface area contributed by atoms with Gasteiger partial charge in [-0.3, -0.25) is 4.99 Å². The predicted octanol–water partition coefficient (Wildman–Crippen LogP) is 4.08. The summed E-state index contributed by atoms with van der Waals surface area (Å²) in [5.41, 5.74) is 0.976.